The largest absolute Gasteiger partial charge is 0.312 e. The molecule has 0 bridgehead atoms. The third kappa shape index (κ3) is 4.61. The SMILES string of the molecule is CC(C)CC1(CNCc2ccc(Br)cc2)CCCC1. The highest BCUT2D eigenvalue weighted by atomic mass is 79.9. The van der Waals surface area contributed by atoms with Crippen molar-refractivity contribution in [2.75, 3.05) is 6.54 Å². The van der Waals surface area contributed by atoms with Crippen LogP contribution >= 0.6 is 15.9 Å². The Hall–Kier alpha value is -0.340. The van der Waals surface area contributed by atoms with E-state index < -0.39 is 0 Å². The molecule has 0 unspecified atom stereocenters. The smallest absolute Gasteiger partial charge is 0.0205 e. The summed E-state index contributed by atoms with van der Waals surface area (Å²) in [5.74, 6) is 0.813. The molecule has 0 amide bonds. The maximum absolute atomic E-state index is 3.69. The van der Waals surface area contributed by atoms with Gasteiger partial charge in [-0.1, -0.05) is 54.8 Å². The number of rotatable bonds is 6. The molecule has 1 aromatic carbocycles. The average molecular weight is 324 g/mol. The molecule has 2 heteroatoms. The van der Waals surface area contributed by atoms with Gasteiger partial charge in [-0.25, -0.2) is 0 Å². The van der Waals surface area contributed by atoms with Crippen LogP contribution in [0.5, 0.6) is 0 Å². The van der Waals surface area contributed by atoms with E-state index in [1.54, 1.807) is 0 Å². The fourth-order valence-corrected chi connectivity index (χ4v) is 3.78. The molecule has 0 radical (unpaired) electrons. The van der Waals surface area contributed by atoms with E-state index in [4.69, 9.17) is 0 Å². The fourth-order valence-electron chi connectivity index (χ4n) is 3.52. The van der Waals surface area contributed by atoms with Gasteiger partial charge >= 0.3 is 0 Å². The molecule has 1 aromatic rings. The molecule has 0 aliphatic heterocycles. The number of benzene rings is 1. The molecule has 1 nitrogen and oxygen atoms in total. The van der Waals surface area contributed by atoms with Crippen molar-refractivity contribution in [2.24, 2.45) is 11.3 Å². The van der Waals surface area contributed by atoms with E-state index in [1.807, 2.05) is 0 Å². The van der Waals surface area contributed by atoms with Crippen molar-refractivity contribution < 1.29 is 0 Å². The van der Waals surface area contributed by atoms with E-state index in [9.17, 15) is 0 Å². The van der Waals surface area contributed by atoms with E-state index >= 15 is 0 Å². The number of hydrogen-bond acceptors (Lipinski definition) is 1. The Morgan fingerprint density at radius 1 is 1.16 bits per heavy atom. The summed E-state index contributed by atoms with van der Waals surface area (Å²) in [6.07, 6.45) is 7.05. The monoisotopic (exact) mass is 323 g/mol. The topological polar surface area (TPSA) is 12.0 Å². The lowest BCUT2D eigenvalue weighted by Gasteiger charge is -2.31. The number of hydrogen-bond donors (Lipinski definition) is 1. The summed E-state index contributed by atoms with van der Waals surface area (Å²) >= 11 is 3.48. The molecule has 106 valence electrons. The lowest BCUT2D eigenvalue weighted by atomic mass is 9.78. The van der Waals surface area contributed by atoms with Crippen molar-refractivity contribution in [3.8, 4) is 0 Å². The van der Waals surface area contributed by atoms with Crippen LogP contribution in [0.15, 0.2) is 28.7 Å². The Labute approximate surface area is 126 Å². The van der Waals surface area contributed by atoms with Crippen LogP contribution in [0.1, 0.15) is 51.5 Å². The second-order valence-corrected chi connectivity index (χ2v) is 7.45. The second kappa shape index (κ2) is 6.90. The van der Waals surface area contributed by atoms with Gasteiger partial charge in [-0.3, -0.25) is 0 Å². The van der Waals surface area contributed by atoms with Gasteiger partial charge in [-0.15, -0.1) is 0 Å². The minimum atomic E-state index is 0.573. The molecule has 1 fully saturated rings. The molecular formula is C17H26BrN. The van der Waals surface area contributed by atoms with E-state index in [1.165, 1.54) is 44.2 Å². The van der Waals surface area contributed by atoms with Gasteiger partial charge in [0.2, 0.25) is 0 Å². The first kappa shape index (κ1) is 15.1. The summed E-state index contributed by atoms with van der Waals surface area (Å²) in [5, 5.41) is 3.69. The van der Waals surface area contributed by atoms with Gasteiger partial charge in [0.25, 0.3) is 0 Å². The zero-order valence-electron chi connectivity index (χ0n) is 12.2. The van der Waals surface area contributed by atoms with E-state index in [2.05, 4.69) is 59.4 Å². The predicted octanol–water partition coefficient (Wildman–Crippen LogP) is 5.15. The van der Waals surface area contributed by atoms with E-state index in [0.717, 1.165) is 16.9 Å². The summed E-state index contributed by atoms with van der Waals surface area (Å²) in [6.45, 7) is 6.89. The van der Waals surface area contributed by atoms with Crippen molar-refractivity contribution in [1.82, 2.24) is 5.32 Å². The fraction of sp³-hybridized carbons (Fsp3) is 0.647. The van der Waals surface area contributed by atoms with E-state index in [-0.39, 0.29) is 0 Å². The van der Waals surface area contributed by atoms with Crippen LogP contribution in [-0.4, -0.2) is 6.54 Å². The van der Waals surface area contributed by atoms with Crippen LogP contribution in [0, 0.1) is 11.3 Å². The van der Waals surface area contributed by atoms with Crippen molar-refractivity contribution in [1.29, 1.82) is 0 Å². The Kier molecular flexibility index (Phi) is 5.47. The molecule has 2 rings (SSSR count). The maximum Gasteiger partial charge on any atom is 0.0205 e. The first-order valence-corrected chi connectivity index (χ1v) is 8.34. The van der Waals surface area contributed by atoms with Crippen LogP contribution in [0.4, 0.5) is 0 Å². The molecule has 0 atom stereocenters. The van der Waals surface area contributed by atoms with Gasteiger partial charge in [0.05, 0.1) is 0 Å². The van der Waals surface area contributed by atoms with Crippen LogP contribution in [-0.2, 0) is 6.54 Å². The third-order valence-electron chi connectivity index (χ3n) is 4.25. The Morgan fingerprint density at radius 3 is 2.37 bits per heavy atom. The van der Waals surface area contributed by atoms with Crippen LogP contribution < -0.4 is 5.32 Å². The van der Waals surface area contributed by atoms with Crippen molar-refractivity contribution in [3.63, 3.8) is 0 Å². The van der Waals surface area contributed by atoms with Gasteiger partial charge in [-0.05, 0) is 48.3 Å². The highest BCUT2D eigenvalue weighted by molar-refractivity contribution is 9.10. The second-order valence-electron chi connectivity index (χ2n) is 6.54. The standard InChI is InChI=1S/C17H26BrN/c1-14(2)11-17(9-3-4-10-17)13-19-12-15-5-7-16(18)8-6-15/h5-8,14,19H,3-4,9-13H2,1-2H3. The van der Waals surface area contributed by atoms with Crippen LogP contribution in [0.25, 0.3) is 0 Å². The molecule has 19 heavy (non-hydrogen) atoms. The first-order valence-electron chi connectivity index (χ1n) is 7.55. The molecule has 0 aromatic heterocycles. The van der Waals surface area contributed by atoms with E-state index in [0.29, 0.717) is 5.41 Å². The molecule has 1 N–H and O–H groups in total. The molecule has 0 saturated heterocycles. The number of nitrogens with one attached hydrogen (secondary N) is 1. The molecule has 0 heterocycles. The summed E-state index contributed by atoms with van der Waals surface area (Å²) in [6, 6.07) is 8.63. The Bertz CT molecular complexity index is 377. The Morgan fingerprint density at radius 2 is 1.79 bits per heavy atom. The van der Waals surface area contributed by atoms with Crippen molar-refractivity contribution in [2.45, 2.75) is 52.5 Å². The van der Waals surface area contributed by atoms with Crippen LogP contribution in [0.2, 0.25) is 0 Å². The normalized spacial score (nSPS) is 18.1. The van der Waals surface area contributed by atoms with Crippen molar-refractivity contribution >= 4 is 15.9 Å². The lowest BCUT2D eigenvalue weighted by Crippen LogP contribution is -2.33. The first-order chi connectivity index (χ1) is 9.10. The molecule has 1 saturated carbocycles. The molecular weight excluding hydrogens is 298 g/mol. The highest BCUT2D eigenvalue weighted by Crippen LogP contribution is 2.42. The zero-order chi connectivity index (χ0) is 13.7. The van der Waals surface area contributed by atoms with Gasteiger partial charge in [0, 0.05) is 17.6 Å². The van der Waals surface area contributed by atoms with Gasteiger partial charge in [-0.2, -0.15) is 0 Å². The third-order valence-corrected chi connectivity index (χ3v) is 4.78. The van der Waals surface area contributed by atoms with Crippen LogP contribution in [0.3, 0.4) is 0 Å². The minimum Gasteiger partial charge on any atom is -0.312 e. The molecule has 0 spiro atoms. The Balaban J connectivity index is 1.84. The number of halogens is 1. The van der Waals surface area contributed by atoms with Gasteiger partial charge < -0.3 is 5.32 Å². The predicted molar refractivity (Wildman–Crippen MR) is 86.2 cm³/mol. The maximum atomic E-state index is 3.69. The highest BCUT2D eigenvalue weighted by Gasteiger charge is 2.33. The summed E-state index contributed by atoms with van der Waals surface area (Å²) < 4.78 is 1.16. The molecule has 1 aliphatic carbocycles. The molecule has 1 aliphatic rings. The minimum absolute atomic E-state index is 0.573. The van der Waals surface area contributed by atoms with Gasteiger partial charge in [0.15, 0.2) is 0 Å². The summed E-state index contributed by atoms with van der Waals surface area (Å²) in [7, 11) is 0. The van der Waals surface area contributed by atoms with Crippen molar-refractivity contribution in [3.05, 3.63) is 34.3 Å². The average Bonchev–Trinajstić information content (AvgIpc) is 2.79. The summed E-state index contributed by atoms with van der Waals surface area (Å²) in [4.78, 5) is 0. The lowest BCUT2D eigenvalue weighted by molar-refractivity contribution is 0.223. The van der Waals surface area contributed by atoms with Gasteiger partial charge in [0.1, 0.15) is 0 Å². The zero-order valence-corrected chi connectivity index (χ0v) is 13.8. The summed E-state index contributed by atoms with van der Waals surface area (Å²) in [5.41, 5.74) is 1.95. The quantitative estimate of drug-likeness (QED) is 0.763.